The largest absolute Gasteiger partial charge is 0.491 e. The van der Waals surface area contributed by atoms with Crippen LogP contribution in [-0.4, -0.2) is 68.5 Å². The Bertz CT molecular complexity index is 1120. The van der Waals surface area contributed by atoms with Gasteiger partial charge in [-0.2, -0.15) is 0 Å². The molecule has 2 aliphatic heterocycles. The average molecular weight is 493 g/mol. The molecule has 2 aliphatic rings. The van der Waals surface area contributed by atoms with Crippen LogP contribution in [-0.2, 0) is 16.0 Å². The van der Waals surface area contributed by atoms with Gasteiger partial charge in [-0.25, -0.2) is 0 Å². The highest BCUT2D eigenvalue weighted by atomic mass is 16.5. The Morgan fingerprint density at radius 1 is 0.917 bits per heavy atom. The van der Waals surface area contributed by atoms with Crippen molar-refractivity contribution in [3.63, 3.8) is 0 Å². The summed E-state index contributed by atoms with van der Waals surface area (Å²) in [4.78, 5) is 42.5. The van der Waals surface area contributed by atoms with Gasteiger partial charge in [-0.05, 0) is 63.4 Å². The Balaban J connectivity index is 1.46. The molecule has 8 heteroatoms. The van der Waals surface area contributed by atoms with Gasteiger partial charge in [0.25, 0.3) is 5.91 Å². The zero-order chi connectivity index (χ0) is 25.5. The molecule has 2 aromatic rings. The first-order chi connectivity index (χ1) is 17.4. The third kappa shape index (κ3) is 6.63. The van der Waals surface area contributed by atoms with E-state index in [1.54, 1.807) is 12.1 Å². The number of carbonyl (C=O) groups excluding carboxylic acids is 3. The van der Waals surface area contributed by atoms with E-state index < -0.39 is 0 Å². The second-order valence-corrected chi connectivity index (χ2v) is 9.61. The molecule has 0 saturated carbocycles. The molecule has 0 aromatic heterocycles. The Morgan fingerprint density at radius 3 is 2.56 bits per heavy atom. The smallest absolute Gasteiger partial charge is 0.255 e. The second-order valence-electron chi connectivity index (χ2n) is 9.61. The third-order valence-corrected chi connectivity index (χ3v) is 6.67. The van der Waals surface area contributed by atoms with Gasteiger partial charge in [0.2, 0.25) is 11.8 Å². The minimum absolute atomic E-state index is 0.0431. The molecule has 0 fully saturated rings. The number of anilines is 1. The summed E-state index contributed by atoms with van der Waals surface area (Å²) in [6.45, 7) is 7.09. The van der Waals surface area contributed by atoms with Crippen LogP contribution in [0.3, 0.4) is 0 Å². The normalized spacial score (nSPS) is 18.0. The van der Waals surface area contributed by atoms with Gasteiger partial charge in [0.05, 0.1) is 18.7 Å². The van der Waals surface area contributed by atoms with Crippen LogP contribution in [0.5, 0.6) is 5.75 Å². The van der Waals surface area contributed by atoms with Crippen molar-refractivity contribution in [1.29, 1.82) is 0 Å². The van der Waals surface area contributed by atoms with E-state index >= 15 is 0 Å². The number of ether oxygens (including phenoxy) is 1. The van der Waals surface area contributed by atoms with Crippen LogP contribution in [0.25, 0.3) is 0 Å². The standard InChI is InChI=1S/C28H36N4O4/c1-20-7-9-24-22(17-20)5-3-14-32(24)27(34)19-31-13-4-6-26(33)29-12-16-36-25-10-8-21(2)18-23(25)28(35)30-11-15-31/h7-10,17-18H,3-6,11-16,19H2,1-2H3,(H,29,33)(H,30,35). The summed E-state index contributed by atoms with van der Waals surface area (Å²) in [7, 11) is 0. The van der Waals surface area contributed by atoms with Crippen LogP contribution in [0.2, 0.25) is 0 Å². The van der Waals surface area contributed by atoms with Crippen LogP contribution in [0.1, 0.15) is 46.3 Å². The molecule has 0 bridgehead atoms. The summed E-state index contributed by atoms with van der Waals surface area (Å²) in [6, 6.07) is 11.7. The Morgan fingerprint density at radius 2 is 1.69 bits per heavy atom. The minimum Gasteiger partial charge on any atom is -0.491 e. The predicted octanol–water partition coefficient (Wildman–Crippen LogP) is 2.60. The first-order valence-electron chi connectivity index (χ1n) is 12.8. The quantitative estimate of drug-likeness (QED) is 0.673. The number of hydrogen-bond donors (Lipinski definition) is 2. The summed E-state index contributed by atoms with van der Waals surface area (Å²) in [5, 5.41) is 5.85. The van der Waals surface area contributed by atoms with Crippen molar-refractivity contribution in [2.75, 3.05) is 50.8 Å². The molecule has 2 N–H and O–H groups in total. The molecule has 192 valence electrons. The van der Waals surface area contributed by atoms with Crippen molar-refractivity contribution in [3.05, 3.63) is 58.7 Å². The number of fused-ring (bicyclic) bond motifs is 2. The number of nitrogens with one attached hydrogen (secondary N) is 2. The first kappa shape index (κ1) is 25.7. The molecule has 2 aromatic carbocycles. The SMILES string of the molecule is Cc1ccc2c(c1)CCCN2C(=O)CN1CCCC(=O)NCCOc2ccc(C)cc2C(=O)NCC1. The molecule has 0 spiro atoms. The lowest BCUT2D eigenvalue weighted by atomic mass is 9.99. The van der Waals surface area contributed by atoms with Gasteiger partial charge < -0.3 is 20.3 Å². The number of nitrogens with zero attached hydrogens (tertiary/aromatic N) is 2. The zero-order valence-electron chi connectivity index (χ0n) is 21.3. The van der Waals surface area contributed by atoms with E-state index in [1.165, 1.54) is 11.1 Å². The van der Waals surface area contributed by atoms with E-state index in [0.717, 1.165) is 24.1 Å². The van der Waals surface area contributed by atoms with Crippen LogP contribution < -0.4 is 20.3 Å². The molecule has 0 atom stereocenters. The number of aryl methyl sites for hydroxylation is 3. The first-order valence-corrected chi connectivity index (χ1v) is 12.8. The summed E-state index contributed by atoms with van der Waals surface area (Å²) >= 11 is 0. The molecular formula is C28H36N4O4. The molecular weight excluding hydrogens is 456 g/mol. The fraction of sp³-hybridized carbons (Fsp3) is 0.464. The highest BCUT2D eigenvalue weighted by molar-refractivity contribution is 5.97. The van der Waals surface area contributed by atoms with Crippen molar-refractivity contribution in [2.45, 2.75) is 39.5 Å². The van der Waals surface area contributed by atoms with Crippen LogP contribution in [0.15, 0.2) is 36.4 Å². The molecule has 3 amide bonds. The summed E-state index contributed by atoms with van der Waals surface area (Å²) in [6.07, 6.45) is 2.93. The number of amides is 3. The number of rotatable bonds is 2. The van der Waals surface area contributed by atoms with Crippen LogP contribution in [0.4, 0.5) is 5.69 Å². The maximum absolute atomic E-state index is 13.4. The van der Waals surface area contributed by atoms with E-state index in [0.29, 0.717) is 56.9 Å². The van der Waals surface area contributed by atoms with Gasteiger partial charge in [0.1, 0.15) is 12.4 Å². The molecule has 8 nitrogen and oxygen atoms in total. The molecule has 36 heavy (non-hydrogen) atoms. The highest BCUT2D eigenvalue weighted by Gasteiger charge is 2.24. The maximum atomic E-state index is 13.4. The molecule has 0 aliphatic carbocycles. The Kier molecular flexibility index (Phi) is 8.59. The van der Waals surface area contributed by atoms with Gasteiger partial charge in [-0.1, -0.05) is 29.3 Å². The fourth-order valence-corrected chi connectivity index (χ4v) is 4.80. The molecule has 0 unspecified atom stereocenters. The summed E-state index contributed by atoms with van der Waals surface area (Å²) in [5.41, 5.74) is 4.84. The van der Waals surface area contributed by atoms with E-state index in [4.69, 9.17) is 4.74 Å². The van der Waals surface area contributed by atoms with Crippen molar-refractivity contribution < 1.29 is 19.1 Å². The van der Waals surface area contributed by atoms with E-state index in [-0.39, 0.29) is 30.9 Å². The fourth-order valence-electron chi connectivity index (χ4n) is 4.80. The van der Waals surface area contributed by atoms with Gasteiger partial charge in [-0.15, -0.1) is 0 Å². The number of benzene rings is 2. The van der Waals surface area contributed by atoms with Gasteiger partial charge in [0, 0.05) is 31.7 Å². The topological polar surface area (TPSA) is 91.0 Å². The van der Waals surface area contributed by atoms with Gasteiger partial charge >= 0.3 is 0 Å². The molecule has 0 radical (unpaired) electrons. The monoisotopic (exact) mass is 492 g/mol. The van der Waals surface area contributed by atoms with E-state index in [9.17, 15) is 14.4 Å². The van der Waals surface area contributed by atoms with Crippen LogP contribution >= 0.6 is 0 Å². The van der Waals surface area contributed by atoms with Gasteiger partial charge in [-0.3, -0.25) is 19.3 Å². The average Bonchev–Trinajstić information content (AvgIpc) is 2.86. The summed E-state index contributed by atoms with van der Waals surface area (Å²) in [5.74, 6) is 0.286. The summed E-state index contributed by atoms with van der Waals surface area (Å²) < 4.78 is 5.78. The lowest BCUT2D eigenvalue weighted by molar-refractivity contribution is -0.121. The predicted molar refractivity (Wildman–Crippen MR) is 140 cm³/mol. The van der Waals surface area contributed by atoms with Gasteiger partial charge in [0.15, 0.2) is 0 Å². The molecule has 0 saturated heterocycles. The second kappa shape index (κ2) is 12.0. The highest BCUT2D eigenvalue weighted by Crippen LogP contribution is 2.28. The lowest BCUT2D eigenvalue weighted by Gasteiger charge is -2.32. The lowest BCUT2D eigenvalue weighted by Crippen LogP contribution is -2.45. The number of carbonyl (C=O) groups is 3. The van der Waals surface area contributed by atoms with Crippen molar-refractivity contribution >= 4 is 23.4 Å². The van der Waals surface area contributed by atoms with Crippen LogP contribution in [0, 0.1) is 13.8 Å². The minimum atomic E-state index is -0.209. The molecule has 4 rings (SSSR count). The maximum Gasteiger partial charge on any atom is 0.255 e. The van der Waals surface area contributed by atoms with E-state index in [1.807, 2.05) is 34.9 Å². The number of hydrogen-bond acceptors (Lipinski definition) is 5. The zero-order valence-corrected chi connectivity index (χ0v) is 21.3. The molecule has 2 heterocycles. The third-order valence-electron chi connectivity index (χ3n) is 6.67. The Labute approximate surface area is 213 Å². The van der Waals surface area contributed by atoms with Crippen molar-refractivity contribution in [1.82, 2.24) is 15.5 Å². The van der Waals surface area contributed by atoms with E-state index in [2.05, 4.69) is 23.6 Å². The Hall–Kier alpha value is -3.39. The van der Waals surface area contributed by atoms with Crippen molar-refractivity contribution in [3.8, 4) is 5.75 Å². The van der Waals surface area contributed by atoms with Crippen molar-refractivity contribution in [2.24, 2.45) is 0 Å².